The van der Waals surface area contributed by atoms with E-state index < -0.39 is 0 Å². The molecule has 0 spiro atoms. The van der Waals surface area contributed by atoms with Crippen molar-refractivity contribution >= 4 is 0 Å². The summed E-state index contributed by atoms with van der Waals surface area (Å²) in [4.78, 5) is 0. The third kappa shape index (κ3) is 1.89. The SMILES string of the molecule is CCC1(CN)Cc2ccc(C(C)C)cc2C1. The maximum atomic E-state index is 5.96. The molecule has 2 rings (SSSR count). The number of fused-ring (bicyclic) bond motifs is 1. The molecule has 0 saturated carbocycles. The molecule has 16 heavy (non-hydrogen) atoms. The second kappa shape index (κ2) is 4.21. The molecule has 0 saturated heterocycles. The number of benzene rings is 1. The third-order valence-electron chi connectivity index (χ3n) is 4.21. The fraction of sp³-hybridized carbons (Fsp3) is 0.600. The van der Waals surface area contributed by atoms with E-state index in [0.717, 1.165) is 6.54 Å². The summed E-state index contributed by atoms with van der Waals surface area (Å²) < 4.78 is 0. The minimum Gasteiger partial charge on any atom is -0.330 e. The summed E-state index contributed by atoms with van der Waals surface area (Å²) in [7, 11) is 0. The molecule has 0 aliphatic heterocycles. The first-order chi connectivity index (χ1) is 7.60. The fourth-order valence-corrected chi connectivity index (χ4v) is 2.75. The third-order valence-corrected chi connectivity index (χ3v) is 4.21. The molecule has 0 fully saturated rings. The largest absolute Gasteiger partial charge is 0.330 e. The van der Waals surface area contributed by atoms with Crippen molar-refractivity contribution in [2.75, 3.05) is 6.54 Å². The van der Waals surface area contributed by atoms with Crippen LogP contribution in [0.3, 0.4) is 0 Å². The van der Waals surface area contributed by atoms with Gasteiger partial charge in [0, 0.05) is 0 Å². The van der Waals surface area contributed by atoms with Crippen LogP contribution >= 0.6 is 0 Å². The average Bonchev–Trinajstić information content (AvgIpc) is 2.67. The second-order valence-electron chi connectivity index (χ2n) is 5.59. The standard InChI is InChI=1S/C15H23N/c1-4-15(10-16)8-13-6-5-12(11(2)3)7-14(13)9-15/h5-7,11H,4,8-10,16H2,1-3H3. The first-order valence-corrected chi connectivity index (χ1v) is 6.42. The first-order valence-electron chi connectivity index (χ1n) is 6.42. The van der Waals surface area contributed by atoms with Crippen molar-refractivity contribution < 1.29 is 0 Å². The Bertz CT molecular complexity index is 375. The van der Waals surface area contributed by atoms with Crippen LogP contribution in [0.5, 0.6) is 0 Å². The van der Waals surface area contributed by atoms with Crippen LogP contribution in [0.2, 0.25) is 0 Å². The van der Waals surface area contributed by atoms with Gasteiger partial charge in [-0.1, -0.05) is 39.0 Å². The summed E-state index contributed by atoms with van der Waals surface area (Å²) in [6.45, 7) is 7.59. The zero-order chi connectivity index (χ0) is 11.8. The summed E-state index contributed by atoms with van der Waals surface area (Å²) in [5.74, 6) is 0.625. The van der Waals surface area contributed by atoms with E-state index in [0.29, 0.717) is 11.3 Å². The van der Waals surface area contributed by atoms with Crippen molar-refractivity contribution in [1.29, 1.82) is 0 Å². The van der Waals surface area contributed by atoms with E-state index in [-0.39, 0.29) is 0 Å². The highest BCUT2D eigenvalue weighted by molar-refractivity contribution is 5.39. The predicted molar refractivity (Wildman–Crippen MR) is 69.7 cm³/mol. The molecule has 1 aliphatic carbocycles. The quantitative estimate of drug-likeness (QED) is 0.826. The summed E-state index contributed by atoms with van der Waals surface area (Å²) >= 11 is 0. The van der Waals surface area contributed by atoms with E-state index >= 15 is 0 Å². The monoisotopic (exact) mass is 217 g/mol. The predicted octanol–water partition coefficient (Wildman–Crippen LogP) is 3.26. The Balaban J connectivity index is 2.31. The van der Waals surface area contributed by atoms with Crippen molar-refractivity contribution in [2.45, 2.75) is 46.0 Å². The van der Waals surface area contributed by atoms with Gasteiger partial charge in [0.2, 0.25) is 0 Å². The van der Waals surface area contributed by atoms with E-state index in [9.17, 15) is 0 Å². The van der Waals surface area contributed by atoms with Gasteiger partial charge in [-0.2, -0.15) is 0 Å². The highest BCUT2D eigenvalue weighted by atomic mass is 14.6. The molecule has 88 valence electrons. The van der Waals surface area contributed by atoms with Gasteiger partial charge in [-0.05, 0) is 53.8 Å². The maximum absolute atomic E-state index is 5.96. The van der Waals surface area contributed by atoms with E-state index in [1.165, 1.54) is 30.4 Å². The molecular formula is C15H23N. The lowest BCUT2D eigenvalue weighted by atomic mass is 9.82. The van der Waals surface area contributed by atoms with Crippen LogP contribution < -0.4 is 5.73 Å². The molecule has 1 unspecified atom stereocenters. The molecule has 0 radical (unpaired) electrons. The van der Waals surface area contributed by atoms with E-state index in [1.54, 1.807) is 5.56 Å². The number of hydrogen-bond acceptors (Lipinski definition) is 1. The number of rotatable bonds is 3. The number of nitrogens with two attached hydrogens (primary N) is 1. The van der Waals surface area contributed by atoms with Crippen LogP contribution in [0.25, 0.3) is 0 Å². The summed E-state index contributed by atoms with van der Waals surface area (Å²) in [5, 5.41) is 0. The minimum absolute atomic E-state index is 0.345. The molecule has 1 atom stereocenters. The molecule has 1 aliphatic rings. The summed E-state index contributed by atoms with van der Waals surface area (Å²) in [5.41, 5.74) is 10.8. The molecular weight excluding hydrogens is 194 g/mol. The van der Waals surface area contributed by atoms with Gasteiger partial charge >= 0.3 is 0 Å². The lowest BCUT2D eigenvalue weighted by Gasteiger charge is -2.24. The van der Waals surface area contributed by atoms with Gasteiger partial charge < -0.3 is 5.73 Å². The van der Waals surface area contributed by atoms with Crippen LogP contribution in [0, 0.1) is 5.41 Å². The molecule has 0 heterocycles. The summed E-state index contributed by atoms with van der Waals surface area (Å²) in [6, 6.07) is 7.00. The van der Waals surface area contributed by atoms with Crippen LogP contribution in [0.1, 0.15) is 49.8 Å². The molecule has 0 bridgehead atoms. The van der Waals surface area contributed by atoms with Gasteiger partial charge in [0.25, 0.3) is 0 Å². The Kier molecular flexibility index (Phi) is 3.07. The topological polar surface area (TPSA) is 26.0 Å². The van der Waals surface area contributed by atoms with Gasteiger partial charge in [0.1, 0.15) is 0 Å². The Morgan fingerprint density at radius 3 is 2.50 bits per heavy atom. The lowest BCUT2D eigenvalue weighted by Crippen LogP contribution is -2.30. The zero-order valence-electron chi connectivity index (χ0n) is 10.7. The normalized spacial score (nSPS) is 23.8. The lowest BCUT2D eigenvalue weighted by molar-refractivity contribution is 0.304. The van der Waals surface area contributed by atoms with Crippen LogP contribution in [0.4, 0.5) is 0 Å². The van der Waals surface area contributed by atoms with Gasteiger partial charge in [-0.25, -0.2) is 0 Å². The molecule has 1 heteroatoms. The van der Waals surface area contributed by atoms with Gasteiger partial charge in [0.15, 0.2) is 0 Å². The molecule has 1 nitrogen and oxygen atoms in total. The van der Waals surface area contributed by atoms with Gasteiger partial charge in [-0.15, -0.1) is 0 Å². The van der Waals surface area contributed by atoms with Crippen molar-refractivity contribution in [1.82, 2.24) is 0 Å². The average molecular weight is 217 g/mol. The molecule has 0 amide bonds. The molecule has 1 aromatic carbocycles. The highest BCUT2D eigenvalue weighted by Crippen LogP contribution is 2.39. The Hall–Kier alpha value is -0.820. The van der Waals surface area contributed by atoms with Crippen molar-refractivity contribution in [3.63, 3.8) is 0 Å². The smallest absolute Gasteiger partial charge is 0.00142 e. The molecule has 2 N–H and O–H groups in total. The highest BCUT2D eigenvalue weighted by Gasteiger charge is 2.34. The first kappa shape index (κ1) is 11.7. The van der Waals surface area contributed by atoms with E-state index in [4.69, 9.17) is 5.73 Å². The molecule has 1 aromatic rings. The maximum Gasteiger partial charge on any atom is -0.00142 e. The number of hydrogen-bond donors (Lipinski definition) is 1. The van der Waals surface area contributed by atoms with Crippen LogP contribution in [0.15, 0.2) is 18.2 Å². The second-order valence-corrected chi connectivity index (χ2v) is 5.59. The van der Waals surface area contributed by atoms with Crippen LogP contribution in [-0.4, -0.2) is 6.54 Å². The zero-order valence-corrected chi connectivity index (χ0v) is 10.7. The van der Waals surface area contributed by atoms with Crippen molar-refractivity contribution in [3.05, 3.63) is 34.9 Å². The van der Waals surface area contributed by atoms with Crippen molar-refractivity contribution in [3.8, 4) is 0 Å². The Morgan fingerprint density at radius 1 is 1.25 bits per heavy atom. The minimum atomic E-state index is 0.345. The Morgan fingerprint density at radius 2 is 1.94 bits per heavy atom. The van der Waals surface area contributed by atoms with Gasteiger partial charge in [0.05, 0.1) is 0 Å². The summed E-state index contributed by atoms with van der Waals surface area (Å²) in [6.07, 6.45) is 3.54. The Labute approximate surface area is 99.0 Å². The van der Waals surface area contributed by atoms with Gasteiger partial charge in [-0.3, -0.25) is 0 Å². The van der Waals surface area contributed by atoms with E-state index in [2.05, 4.69) is 39.0 Å². The van der Waals surface area contributed by atoms with E-state index in [1.807, 2.05) is 0 Å². The molecule has 0 aromatic heterocycles. The van der Waals surface area contributed by atoms with Crippen LogP contribution in [-0.2, 0) is 12.8 Å². The van der Waals surface area contributed by atoms with Crippen molar-refractivity contribution in [2.24, 2.45) is 11.1 Å². The fourth-order valence-electron chi connectivity index (χ4n) is 2.75.